The van der Waals surface area contributed by atoms with E-state index >= 15 is 0 Å². The zero-order valence-electron chi connectivity index (χ0n) is 11.1. The summed E-state index contributed by atoms with van der Waals surface area (Å²) >= 11 is 0. The summed E-state index contributed by atoms with van der Waals surface area (Å²) in [6.45, 7) is 3.15. The second-order valence-electron chi connectivity index (χ2n) is 5.26. The Hall–Kier alpha value is -1.75. The molecule has 1 aliphatic rings. The van der Waals surface area contributed by atoms with E-state index in [1.165, 1.54) is 12.8 Å². The standard InChI is InChI=1S/C14H18N4O/c1-14(6-2-3-7-16-14)13-17-12(18-19-13)10-11-4-8-15-9-5-11/h4-5,8-9,16H,2-3,6-7,10H2,1H3. The molecule has 2 aromatic rings. The molecule has 100 valence electrons. The SMILES string of the molecule is CC1(c2nc(Cc3ccncc3)no2)CCCCN1. The molecular formula is C14H18N4O. The summed E-state index contributed by atoms with van der Waals surface area (Å²) in [5, 5.41) is 7.57. The summed E-state index contributed by atoms with van der Waals surface area (Å²) in [6.07, 6.45) is 7.70. The largest absolute Gasteiger partial charge is 0.337 e. The number of rotatable bonds is 3. The molecule has 1 fully saturated rings. The Morgan fingerprint density at radius 3 is 2.89 bits per heavy atom. The van der Waals surface area contributed by atoms with Gasteiger partial charge in [0.15, 0.2) is 5.82 Å². The Morgan fingerprint density at radius 2 is 2.16 bits per heavy atom. The Bertz CT molecular complexity index is 531. The lowest BCUT2D eigenvalue weighted by atomic mass is 9.91. The van der Waals surface area contributed by atoms with Crippen molar-refractivity contribution < 1.29 is 4.52 Å². The lowest BCUT2D eigenvalue weighted by Gasteiger charge is -2.31. The van der Waals surface area contributed by atoms with Gasteiger partial charge in [0.2, 0.25) is 5.89 Å². The van der Waals surface area contributed by atoms with E-state index in [-0.39, 0.29) is 5.54 Å². The third kappa shape index (κ3) is 2.66. The molecule has 0 radical (unpaired) electrons. The Morgan fingerprint density at radius 1 is 1.32 bits per heavy atom. The number of aromatic nitrogens is 3. The Kier molecular flexibility index (Phi) is 3.29. The molecule has 3 heterocycles. The first kappa shape index (κ1) is 12.3. The van der Waals surface area contributed by atoms with E-state index in [1.807, 2.05) is 12.1 Å². The van der Waals surface area contributed by atoms with Crippen molar-refractivity contribution in [1.82, 2.24) is 20.4 Å². The summed E-state index contributed by atoms with van der Waals surface area (Å²) in [4.78, 5) is 8.54. The van der Waals surface area contributed by atoms with Crippen LogP contribution in [0, 0.1) is 0 Å². The molecule has 0 bridgehead atoms. The van der Waals surface area contributed by atoms with E-state index in [2.05, 4.69) is 27.4 Å². The maximum atomic E-state index is 5.44. The predicted octanol–water partition coefficient (Wildman–Crippen LogP) is 2.04. The molecule has 0 amide bonds. The van der Waals surface area contributed by atoms with Gasteiger partial charge in [-0.15, -0.1) is 0 Å². The molecular weight excluding hydrogens is 240 g/mol. The first-order valence-corrected chi connectivity index (χ1v) is 6.73. The van der Waals surface area contributed by atoms with Gasteiger partial charge in [-0.3, -0.25) is 4.98 Å². The van der Waals surface area contributed by atoms with E-state index in [1.54, 1.807) is 12.4 Å². The highest BCUT2D eigenvalue weighted by molar-refractivity contribution is 5.15. The fraction of sp³-hybridized carbons (Fsp3) is 0.500. The van der Waals surface area contributed by atoms with Crippen LogP contribution in [0.5, 0.6) is 0 Å². The van der Waals surface area contributed by atoms with Crippen LogP contribution in [-0.4, -0.2) is 21.7 Å². The van der Waals surface area contributed by atoms with Gasteiger partial charge in [0.1, 0.15) is 0 Å². The highest BCUT2D eigenvalue weighted by atomic mass is 16.5. The van der Waals surface area contributed by atoms with E-state index in [9.17, 15) is 0 Å². The normalized spacial score (nSPS) is 23.4. The summed E-state index contributed by atoms with van der Waals surface area (Å²) < 4.78 is 5.44. The number of hydrogen-bond acceptors (Lipinski definition) is 5. The summed E-state index contributed by atoms with van der Waals surface area (Å²) in [7, 11) is 0. The molecule has 1 unspecified atom stereocenters. The van der Waals surface area contributed by atoms with Crippen molar-refractivity contribution in [2.75, 3.05) is 6.54 Å². The van der Waals surface area contributed by atoms with Gasteiger partial charge in [-0.05, 0) is 50.4 Å². The first-order valence-electron chi connectivity index (χ1n) is 6.73. The highest BCUT2D eigenvalue weighted by Gasteiger charge is 2.34. The van der Waals surface area contributed by atoms with Crippen LogP contribution in [0.3, 0.4) is 0 Å². The summed E-state index contributed by atoms with van der Waals surface area (Å²) in [5.41, 5.74) is 0.978. The number of pyridine rings is 1. The van der Waals surface area contributed by atoms with Gasteiger partial charge in [-0.2, -0.15) is 4.98 Å². The van der Waals surface area contributed by atoms with Gasteiger partial charge in [0.05, 0.1) is 5.54 Å². The Balaban J connectivity index is 1.76. The minimum atomic E-state index is -0.165. The van der Waals surface area contributed by atoms with Crippen LogP contribution in [0.25, 0.3) is 0 Å². The minimum Gasteiger partial charge on any atom is -0.337 e. The monoisotopic (exact) mass is 258 g/mol. The molecule has 0 aromatic carbocycles. The molecule has 0 spiro atoms. The van der Waals surface area contributed by atoms with Crippen molar-refractivity contribution in [3.63, 3.8) is 0 Å². The molecule has 19 heavy (non-hydrogen) atoms. The first-order chi connectivity index (χ1) is 9.26. The number of nitrogens with one attached hydrogen (secondary N) is 1. The molecule has 0 aliphatic carbocycles. The lowest BCUT2D eigenvalue weighted by Crippen LogP contribution is -2.43. The van der Waals surface area contributed by atoms with Crippen LogP contribution in [0.4, 0.5) is 0 Å². The smallest absolute Gasteiger partial charge is 0.246 e. The molecule has 1 N–H and O–H groups in total. The van der Waals surface area contributed by atoms with Crippen LogP contribution in [0.15, 0.2) is 29.0 Å². The van der Waals surface area contributed by atoms with Crippen molar-refractivity contribution in [3.8, 4) is 0 Å². The predicted molar refractivity (Wildman–Crippen MR) is 70.5 cm³/mol. The quantitative estimate of drug-likeness (QED) is 0.912. The molecule has 1 saturated heterocycles. The van der Waals surface area contributed by atoms with E-state index in [0.29, 0.717) is 12.3 Å². The Labute approximate surface area is 112 Å². The molecule has 5 heteroatoms. The topological polar surface area (TPSA) is 63.8 Å². The summed E-state index contributed by atoms with van der Waals surface area (Å²) in [5.74, 6) is 1.44. The van der Waals surface area contributed by atoms with Crippen molar-refractivity contribution in [2.45, 2.75) is 38.1 Å². The molecule has 3 rings (SSSR count). The van der Waals surface area contributed by atoms with Gasteiger partial charge in [-0.25, -0.2) is 0 Å². The molecule has 1 atom stereocenters. The summed E-state index contributed by atoms with van der Waals surface area (Å²) in [6, 6.07) is 3.94. The van der Waals surface area contributed by atoms with E-state index < -0.39 is 0 Å². The number of hydrogen-bond donors (Lipinski definition) is 1. The van der Waals surface area contributed by atoms with Crippen LogP contribution in [-0.2, 0) is 12.0 Å². The van der Waals surface area contributed by atoms with Gasteiger partial charge in [0, 0.05) is 18.8 Å². The van der Waals surface area contributed by atoms with E-state index in [4.69, 9.17) is 4.52 Å². The number of nitrogens with zero attached hydrogens (tertiary/aromatic N) is 3. The highest BCUT2D eigenvalue weighted by Crippen LogP contribution is 2.28. The second-order valence-corrected chi connectivity index (χ2v) is 5.26. The second kappa shape index (κ2) is 5.09. The van der Waals surface area contributed by atoms with Crippen LogP contribution < -0.4 is 5.32 Å². The zero-order chi connectivity index (χ0) is 13.1. The number of piperidine rings is 1. The van der Waals surface area contributed by atoms with Gasteiger partial charge in [0.25, 0.3) is 0 Å². The van der Waals surface area contributed by atoms with Crippen LogP contribution in [0.1, 0.15) is 43.5 Å². The third-order valence-corrected chi connectivity index (χ3v) is 3.67. The van der Waals surface area contributed by atoms with Crippen molar-refractivity contribution >= 4 is 0 Å². The molecule has 0 saturated carbocycles. The molecule has 2 aromatic heterocycles. The zero-order valence-corrected chi connectivity index (χ0v) is 11.1. The van der Waals surface area contributed by atoms with Gasteiger partial charge < -0.3 is 9.84 Å². The maximum Gasteiger partial charge on any atom is 0.246 e. The van der Waals surface area contributed by atoms with Gasteiger partial charge >= 0.3 is 0 Å². The van der Waals surface area contributed by atoms with Crippen molar-refractivity contribution in [3.05, 3.63) is 41.8 Å². The fourth-order valence-electron chi connectivity index (χ4n) is 2.47. The third-order valence-electron chi connectivity index (χ3n) is 3.67. The van der Waals surface area contributed by atoms with Gasteiger partial charge in [-0.1, -0.05) is 5.16 Å². The van der Waals surface area contributed by atoms with Crippen LogP contribution >= 0.6 is 0 Å². The lowest BCUT2D eigenvalue weighted by molar-refractivity contribution is 0.206. The van der Waals surface area contributed by atoms with Crippen LogP contribution in [0.2, 0.25) is 0 Å². The maximum absolute atomic E-state index is 5.44. The van der Waals surface area contributed by atoms with Crippen molar-refractivity contribution in [2.24, 2.45) is 0 Å². The average Bonchev–Trinajstić information content (AvgIpc) is 2.90. The average molecular weight is 258 g/mol. The molecule has 1 aliphatic heterocycles. The van der Waals surface area contributed by atoms with Crippen molar-refractivity contribution in [1.29, 1.82) is 0 Å². The minimum absolute atomic E-state index is 0.165. The van der Waals surface area contributed by atoms with E-state index in [0.717, 1.165) is 24.4 Å². The fourth-order valence-corrected chi connectivity index (χ4v) is 2.47. The molecule has 5 nitrogen and oxygen atoms in total.